The lowest BCUT2D eigenvalue weighted by molar-refractivity contribution is -0.126. The number of likely N-dealkylation sites (tertiary alicyclic amines) is 1. The summed E-state index contributed by atoms with van der Waals surface area (Å²) >= 11 is 5.90. The average molecular weight is 492 g/mol. The minimum Gasteiger partial charge on any atom is -0.352 e. The van der Waals surface area contributed by atoms with Gasteiger partial charge in [0.1, 0.15) is 0 Å². The number of rotatable bonds is 7. The minimum absolute atomic E-state index is 0.104. The number of halogens is 1. The van der Waals surface area contributed by atoms with Crippen LogP contribution in [0.25, 0.3) is 0 Å². The van der Waals surface area contributed by atoms with Crippen molar-refractivity contribution in [3.05, 3.63) is 64.7 Å². The molecule has 2 aromatic rings. The lowest BCUT2D eigenvalue weighted by atomic mass is 9.96. The Kier molecular flexibility index (Phi) is 8.15. The SMILES string of the molecule is CC(C)N(C)S(=O)(=O)c1ccc(CNC(=O)C2CCCN(C(=O)c3ccc(Cl)cc3)C2)cc1. The molecule has 9 heteroatoms. The Morgan fingerprint density at radius 2 is 1.76 bits per heavy atom. The smallest absolute Gasteiger partial charge is 0.253 e. The second-order valence-electron chi connectivity index (χ2n) is 8.57. The molecule has 3 rings (SSSR count). The molecule has 1 N–H and O–H groups in total. The van der Waals surface area contributed by atoms with E-state index in [9.17, 15) is 18.0 Å². The maximum absolute atomic E-state index is 12.8. The third kappa shape index (κ3) is 6.13. The zero-order valence-corrected chi connectivity index (χ0v) is 20.7. The van der Waals surface area contributed by atoms with Crippen molar-refractivity contribution >= 4 is 33.4 Å². The average Bonchev–Trinajstić information content (AvgIpc) is 2.82. The summed E-state index contributed by atoms with van der Waals surface area (Å²) < 4.78 is 26.5. The van der Waals surface area contributed by atoms with Crippen LogP contribution in [0.1, 0.15) is 42.6 Å². The van der Waals surface area contributed by atoms with E-state index >= 15 is 0 Å². The normalized spacial score (nSPS) is 16.8. The summed E-state index contributed by atoms with van der Waals surface area (Å²) in [7, 11) is -1.99. The van der Waals surface area contributed by atoms with E-state index < -0.39 is 10.0 Å². The molecule has 1 atom stereocenters. The highest BCUT2D eigenvalue weighted by atomic mass is 35.5. The van der Waals surface area contributed by atoms with Crippen molar-refractivity contribution in [3.8, 4) is 0 Å². The molecule has 178 valence electrons. The molecule has 2 amide bonds. The minimum atomic E-state index is -3.54. The Bertz CT molecular complexity index is 1090. The van der Waals surface area contributed by atoms with E-state index in [4.69, 9.17) is 11.6 Å². The topological polar surface area (TPSA) is 86.8 Å². The molecule has 0 radical (unpaired) electrons. The van der Waals surface area contributed by atoms with Gasteiger partial charge in [-0.15, -0.1) is 0 Å². The first-order chi connectivity index (χ1) is 15.6. The van der Waals surface area contributed by atoms with E-state index in [1.54, 1.807) is 60.5 Å². The van der Waals surface area contributed by atoms with E-state index in [0.717, 1.165) is 18.4 Å². The zero-order chi connectivity index (χ0) is 24.2. The molecule has 1 fully saturated rings. The highest BCUT2D eigenvalue weighted by Gasteiger charge is 2.29. The van der Waals surface area contributed by atoms with Gasteiger partial charge in [0.05, 0.1) is 10.8 Å². The number of amides is 2. The molecule has 33 heavy (non-hydrogen) atoms. The largest absolute Gasteiger partial charge is 0.352 e. The van der Waals surface area contributed by atoms with Crippen molar-refractivity contribution in [3.63, 3.8) is 0 Å². The summed E-state index contributed by atoms with van der Waals surface area (Å²) in [5, 5.41) is 3.49. The molecular weight excluding hydrogens is 462 g/mol. The highest BCUT2D eigenvalue weighted by molar-refractivity contribution is 7.89. The van der Waals surface area contributed by atoms with Crippen LogP contribution in [0.2, 0.25) is 5.02 Å². The van der Waals surface area contributed by atoms with E-state index in [-0.39, 0.29) is 28.7 Å². The molecule has 1 heterocycles. The van der Waals surface area contributed by atoms with Crippen LogP contribution in [0.5, 0.6) is 0 Å². The molecule has 0 saturated carbocycles. The molecule has 1 aliphatic rings. The third-order valence-corrected chi connectivity index (χ3v) is 8.26. The quantitative estimate of drug-likeness (QED) is 0.641. The molecule has 0 aliphatic carbocycles. The second kappa shape index (κ2) is 10.7. The maximum atomic E-state index is 12.8. The Morgan fingerprint density at radius 1 is 1.12 bits per heavy atom. The van der Waals surface area contributed by atoms with Crippen LogP contribution in [0, 0.1) is 5.92 Å². The summed E-state index contributed by atoms with van der Waals surface area (Å²) in [4.78, 5) is 27.4. The number of benzene rings is 2. The Labute approximate surface area is 200 Å². The van der Waals surface area contributed by atoms with E-state index in [2.05, 4.69) is 5.32 Å². The van der Waals surface area contributed by atoms with Crippen molar-refractivity contribution in [2.24, 2.45) is 5.92 Å². The fourth-order valence-corrected chi connectivity index (χ4v) is 5.20. The van der Waals surface area contributed by atoms with Crippen LogP contribution in [0.3, 0.4) is 0 Å². The number of carbonyl (C=O) groups is 2. The molecule has 1 saturated heterocycles. The predicted molar refractivity (Wildman–Crippen MR) is 128 cm³/mol. The number of sulfonamides is 1. The van der Waals surface area contributed by atoms with Crippen molar-refractivity contribution in [2.75, 3.05) is 20.1 Å². The second-order valence-corrected chi connectivity index (χ2v) is 11.0. The van der Waals surface area contributed by atoms with Crippen LogP contribution >= 0.6 is 11.6 Å². The summed E-state index contributed by atoms with van der Waals surface area (Å²) in [5.41, 5.74) is 1.36. The van der Waals surface area contributed by atoms with Crippen molar-refractivity contribution in [2.45, 2.75) is 44.2 Å². The number of hydrogen-bond acceptors (Lipinski definition) is 4. The number of hydrogen-bond donors (Lipinski definition) is 1. The lowest BCUT2D eigenvalue weighted by Crippen LogP contribution is -2.45. The van der Waals surface area contributed by atoms with Gasteiger partial charge in [-0.25, -0.2) is 8.42 Å². The first kappa shape index (κ1) is 25.2. The molecule has 2 aromatic carbocycles. The van der Waals surface area contributed by atoms with E-state index in [0.29, 0.717) is 30.2 Å². The molecular formula is C24H30ClN3O4S. The van der Waals surface area contributed by atoms with Gasteiger partial charge in [0.15, 0.2) is 0 Å². The zero-order valence-electron chi connectivity index (χ0n) is 19.1. The van der Waals surface area contributed by atoms with Crippen LogP contribution < -0.4 is 5.32 Å². The summed E-state index contributed by atoms with van der Waals surface area (Å²) in [6.45, 7) is 4.91. The molecule has 0 bridgehead atoms. The number of piperidine rings is 1. The van der Waals surface area contributed by atoms with E-state index in [1.165, 1.54) is 4.31 Å². The fraction of sp³-hybridized carbons (Fsp3) is 0.417. The van der Waals surface area contributed by atoms with Gasteiger partial charge < -0.3 is 10.2 Å². The van der Waals surface area contributed by atoms with Crippen LogP contribution in [0.4, 0.5) is 0 Å². The third-order valence-electron chi connectivity index (χ3n) is 5.96. The van der Waals surface area contributed by atoms with Gasteiger partial charge in [0.25, 0.3) is 5.91 Å². The molecule has 1 aliphatic heterocycles. The van der Waals surface area contributed by atoms with Crippen molar-refractivity contribution in [1.29, 1.82) is 0 Å². The van der Waals surface area contributed by atoms with Gasteiger partial charge in [0, 0.05) is 43.3 Å². The lowest BCUT2D eigenvalue weighted by Gasteiger charge is -2.32. The van der Waals surface area contributed by atoms with Crippen LogP contribution in [-0.2, 0) is 21.4 Å². The Hall–Kier alpha value is -2.42. The van der Waals surface area contributed by atoms with Crippen molar-refractivity contribution in [1.82, 2.24) is 14.5 Å². The first-order valence-electron chi connectivity index (χ1n) is 11.0. The van der Waals surface area contributed by atoms with Crippen LogP contribution in [0.15, 0.2) is 53.4 Å². The van der Waals surface area contributed by atoms with Crippen LogP contribution in [-0.4, -0.2) is 55.6 Å². The fourth-order valence-electron chi connectivity index (χ4n) is 3.71. The van der Waals surface area contributed by atoms with Gasteiger partial charge in [-0.3, -0.25) is 9.59 Å². The van der Waals surface area contributed by atoms with Gasteiger partial charge in [-0.1, -0.05) is 23.7 Å². The molecule has 0 aromatic heterocycles. The van der Waals surface area contributed by atoms with Gasteiger partial charge in [-0.2, -0.15) is 4.31 Å². The number of nitrogens with one attached hydrogen (secondary N) is 1. The van der Waals surface area contributed by atoms with E-state index in [1.807, 2.05) is 13.8 Å². The standard InChI is InChI=1S/C24H30ClN3O4S/c1-17(2)27(3)33(31,32)22-12-6-18(7-13-22)15-26-23(29)20-5-4-14-28(16-20)24(30)19-8-10-21(25)11-9-19/h6-13,17,20H,4-5,14-16H2,1-3H3,(H,26,29). The Morgan fingerprint density at radius 3 is 2.36 bits per heavy atom. The van der Waals surface area contributed by atoms with Gasteiger partial charge in [-0.05, 0) is 68.7 Å². The van der Waals surface area contributed by atoms with Gasteiger partial charge in [0.2, 0.25) is 15.9 Å². The summed E-state index contributed by atoms with van der Waals surface area (Å²) in [6, 6.07) is 13.1. The first-order valence-corrected chi connectivity index (χ1v) is 12.8. The highest BCUT2D eigenvalue weighted by Crippen LogP contribution is 2.21. The predicted octanol–water partition coefficient (Wildman–Crippen LogP) is 3.54. The summed E-state index contributed by atoms with van der Waals surface area (Å²) in [6.07, 6.45) is 1.47. The monoisotopic (exact) mass is 491 g/mol. The molecule has 7 nitrogen and oxygen atoms in total. The van der Waals surface area contributed by atoms with Crippen molar-refractivity contribution < 1.29 is 18.0 Å². The Balaban J connectivity index is 1.57. The molecule has 1 unspecified atom stereocenters. The number of nitrogens with zero attached hydrogens (tertiary/aromatic N) is 2. The summed E-state index contributed by atoms with van der Waals surface area (Å²) in [5.74, 6) is -0.499. The number of carbonyl (C=O) groups excluding carboxylic acids is 2. The maximum Gasteiger partial charge on any atom is 0.253 e. The van der Waals surface area contributed by atoms with Gasteiger partial charge >= 0.3 is 0 Å². The molecule has 0 spiro atoms.